The smallest absolute Gasteiger partial charge is 0.345 e. The molecule has 0 bridgehead atoms. The molecule has 0 radical (unpaired) electrons. The lowest BCUT2D eigenvalue weighted by Crippen LogP contribution is -2.22. The molecule has 0 aromatic carbocycles. The van der Waals surface area contributed by atoms with Crippen LogP contribution in [-0.2, 0) is 9.53 Å². The zero-order valence-corrected chi connectivity index (χ0v) is 11.6. The van der Waals surface area contributed by atoms with Gasteiger partial charge in [-0.15, -0.1) is 11.3 Å². The zero-order chi connectivity index (χ0) is 13.8. The average molecular weight is 283 g/mol. The van der Waals surface area contributed by atoms with Gasteiger partial charge in [-0.05, 0) is 31.7 Å². The predicted molar refractivity (Wildman–Crippen MR) is 72.8 cm³/mol. The molecule has 1 aliphatic heterocycles. The second-order valence-corrected chi connectivity index (χ2v) is 5.95. The summed E-state index contributed by atoms with van der Waals surface area (Å²) in [7, 11) is 0. The molecule has 1 amide bonds. The van der Waals surface area contributed by atoms with Crippen molar-refractivity contribution in [3.63, 3.8) is 0 Å². The van der Waals surface area contributed by atoms with Gasteiger partial charge >= 0.3 is 5.97 Å². The molecule has 1 saturated heterocycles. The van der Waals surface area contributed by atoms with Gasteiger partial charge in [0, 0.05) is 24.5 Å². The van der Waals surface area contributed by atoms with E-state index >= 15 is 0 Å². The van der Waals surface area contributed by atoms with E-state index < -0.39 is 5.97 Å². The highest BCUT2D eigenvalue weighted by Crippen LogP contribution is 2.27. The lowest BCUT2D eigenvalue weighted by Gasteiger charge is -2.21. The molecule has 6 heteroatoms. The Bertz CT molecular complexity index is 477. The number of anilines is 1. The van der Waals surface area contributed by atoms with E-state index in [-0.39, 0.29) is 10.8 Å². The molecule has 2 rings (SSSR count). The van der Waals surface area contributed by atoms with Crippen molar-refractivity contribution in [2.24, 2.45) is 5.92 Å². The fraction of sp³-hybridized carbons (Fsp3) is 0.538. The van der Waals surface area contributed by atoms with Gasteiger partial charge < -0.3 is 15.2 Å². The van der Waals surface area contributed by atoms with E-state index in [0.29, 0.717) is 18.0 Å². The number of carbonyl (C=O) groups is 2. The van der Waals surface area contributed by atoms with Crippen molar-refractivity contribution in [2.45, 2.75) is 26.2 Å². The van der Waals surface area contributed by atoms with E-state index in [2.05, 4.69) is 5.32 Å². The summed E-state index contributed by atoms with van der Waals surface area (Å²) in [6, 6.07) is 1.52. The van der Waals surface area contributed by atoms with Crippen molar-refractivity contribution in [2.75, 3.05) is 18.5 Å². The third kappa shape index (κ3) is 3.78. The molecule has 5 nitrogen and oxygen atoms in total. The second-order valence-electron chi connectivity index (χ2n) is 4.69. The van der Waals surface area contributed by atoms with Gasteiger partial charge in [-0.25, -0.2) is 4.79 Å². The number of aromatic carboxylic acids is 1. The molecule has 2 heterocycles. The molecule has 0 aliphatic carbocycles. The number of aryl methyl sites for hydroxylation is 1. The summed E-state index contributed by atoms with van der Waals surface area (Å²) in [5.41, 5.74) is 0.611. The van der Waals surface area contributed by atoms with E-state index in [4.69, 9.17) is 9.84 Å². The summed E-state index contributed by atoms with van der Waals surface area (Å²) in [6.45, 7) is 3.25. The molecule has 2 N–H and O–H groups in total. The molecule has 1 aromatic heterocycles. The van der Waals surface area contributed by atoms with E-state index in [9.17, 15) is 9.59 Å². The summed E-state index contributed by atoms with van der Waals surface area (Å²) in [4.78, 5) is 23.8. The number of thiophene rings is 1. The van der Waals surface area contributed by atoms with Crippen LogP contribution in [0.1, 0.15) is 33.8 Å². The SMILES string of the molecule is Cc1sc(C(=O)O)cc1NC(=O)CC1CCOCC1. The summed E-state index contributed by atoms with van der Waals surface area (Å²) >= 11 is 1.18. The van der Waals surface area contributed by atoms with Crippen LogP contribution in [0.2, 0.25) is 0 Å². The number of carboxylic acid groups (broad SMARTS) is 1. The summed E-state index contributed by atoms with van der Waals surface area (Å²) in [5.74, 6) is -0.644. The minimum atomic E-state index is -0.960. The van der Waals surface area contributed by atoms with Crippen molar-refractivity contribution in [1.82, 2.24) is 0 Å². The highest BCUT2D eigenvalue weighted by molar-refractivity contribution is 7.14. The molecule has 1 aromatic rings. The minimum absolute atomic E-state index is 0.0512. The van der Waals surface area contributed by atoms with Crippen molar-refractivity contribution in [1.29, 1.82) is 0 Å². The van der Waals surface area contributed by atoms with Crippen LogP contribution >= 0.6 is 11.3 Å². The van der Waals surface area contributed by atoms with Crippen LogP contribution in [0, 0.1) is 12.8 Å². The van der Waals surface area contributed by atoms with E-state index in [1.54, 1.807) is 6.92 Å². The monoisotopic (exact) mass is 283 g/mol. The van der Waals surface area contributed by atoms with Gasteiger partial charge in [-0.2, -0.15) is 0 Å². The Hall–Kier alpha value is -1.40. The van der Waals surface area contributed by atoms with Crippen molar-refractivity contribution < 1.29 is 19.4 Å². The van der Waals surface area contributed by atoms with Gasteiger partial charge in [0.05, 0.1) is 5.69 Å². The second kappa shape index (κ2) is 6.16. The summed E-state index contributed by atoms with van der Waals surface area (Å²) in [6.07, 6.45) is 2.30. The first kappa shape index (κ1) is 14.0. The van der Waals surface area contributed by atoms with Gasteiger partial charge in [0.1, 0.15) is 4.88 Å². The molecule has 0 unspecified atom stereocenters. The normalized spacial score (nSPS) is 16.3. The number of amides is 1. The highest BCUT2D eigenvalue weighted by atomic mass is 32.1. The maximum Gasteiger partial charge on any atom is 0.345 e. The first-order valence-corrected chi connectivity index (χ1v) is 7.09. The topological polar surface area (TPSA) is 75.6 Å². The van der Waals surface area contributed by atoms with Gasteiger partial charge in [-0.3, -0.25) is 4.79 Å². The third-order valence-corrected chi connectivity index (χ3v) is 4.26. The fourth-order valence-electron chi connectivity index (χ4n) is 2.13. The number of hydrogen-bond donors (Lipinski definition) is 2. The van der Waals surface area contributed by atoms with Crippen LogP contribution < -0.4 is 5.32 Å². The Labute approximate surface area is 115 Å². The first-order chi connectivity index (χ1) is 9.06. The van der Waals surface area contributed by atoms with Crippen LogP contribution in [0.3, 0.4) is 0 Å². The third-order valence-electron chi connectivity index (χ3n) is 3.22. The Morgan fingerprint density at radius 2 is 2.16 bits per heavy atom. The van der Waals surface area contributed by atoms with E-state index in [0.717, 1.165) is 30.9 Å². The number of nitrogens with one attached hydrogen (secondary N) is 1. The van der Waals surface area contributed by atoms with E-state index in [1.165, 1.54) is 17.4 Å². The molecular formula is C13H17NO4S. The zero-order valence-electron chi connectivity index (χ0n) is 10.8. The standard InChI is InChI=1S/C13H17NO4S/c1-8-10(7-11(19-8)13(16)17)14-12(15)6-9-2-4-18-5-3-9/h7,9H,2-6H2,1H3,(H,14,15)(H,16,17). The molecular weight excluding hydrogens is 266 g/mol. The van der Waals surface area contributed by atoms with Crippen LogP contribution in [0.4, 0.5) is 5.69 Å². The van der Waals surface area contributed by atoms with Crippen LogP contribution in [0.25, 0.3) is 0 Å². The number of hydrogen-bond acceptors (Lipinski definition) is 4. The van der Waals surface area contributed by atoms with Gasteiger partial charge in [-0.1, -0.05) is 0 Å². The fourth-order valence-corrected chi connectivity index (χ4v) is 2.94. The molecule has 0 spiro atoms. The van der Waals surface area contributed by atoms with Gasteiger partial charge in [0.2, 0.25) is 5.91 Å². The first-order valence-electron chi connectivity index (χ1n) is 6.27. The maximum atomic E-state index is 11.9. The number of carboxylic acids is 1. The van der Waals surface area contributed by atoms with Crippen LogP contribution in [0.15, 0.2) is 6.07 Å². The van der Waals surface area contributed by atoms with Gasteiger partial charge in [0.25, 0.3) is 0 Å². The quantitative estimate of drug-likeness (QED) is 0.890. The molecule has 19 heavy (non-hydrogen) atoms. The highest BCUT2D eigenvalue weighted by Gasteiger charge is 2.19. The molecule has 104 valence electrons. The summed E-state index contributed by atoms with van der Waals surface area (Å²) in [5, 5.41) is 11.7. The van der Waals surface area contributed by atoms with Crippen LogP contribution in [-0.4, -0.2) is 30.2 Å². The Morgan fingerprint density at radius 3 is 2.74 bits per heavy atom. The Balaban J connectivity index is 1.92. The largest absolute Gasteiger partial charge is 0.477 e. The summed E-state index contributed by atoms with van der Waals surface area (Å²) < 4.78 is 5.25. The molecule has 1 aliphatic rings. The molecule has 0 saturated carbocycles. The number of ether oxygens (including phenoxy) is 1. The Kier molecular flexibility index (Phi) is 4.55. The number of carbonyl (C=O) groups excluding carboxylic acids is 1. The predicted octanol–water partition coefficient (Wildman–Crippen LogP) is 2.51. The maximum absolute atomic E-state index is 11.9. The minimum Gasteiger partial charge on any atom is -0.477 e. The van der Waals surface area contributed by atoms with Crippen molar-refractivity contribution in [3.05, 3.63) is 15.8 Å². The molecule has 0 atom stereocenters. The van der Waals surface area contributed by atoms with Crippen molar-refractivity contribution >= 4 is 28.9 Å². The van der Waals surface area contributed by atoms with Crippen molar-refractivity contribution in [3.8, 4) is 0 Å². The van der Waals surface area contributed by atoms with Crippen LogP contribution in [0.5, 0.6) is 0 Å². The Morgan fingerprint density at radius 1 is 1.47 bits per heavy atom. The van der Waals surface area contributed by atoms with Gasteiger partial charge in [0.15, 0.2) is 0 Å². The average Bonchev–Trinajstić information content (AvgIpc) is 2.72. The molecule has 1 fully saturated rings. The van der Waals surface area contributed by atoms with E-state index in [1.807, 2.05) is 0 Å². The number of rotatable bonds is 4. The lowest BCUT2D eigenvalue weighted by molar-refractivity contribution is -0.117. The lowest BCUT2D eigenvalue weighted by atomic mass is 9.96.